The lowest BCUT2D eigenvalue weighted by Crippen LogP contribution is -2.27. The van der Waals surface area contributed by atoms with Gasteiger partial charge >= 0.3 is 0 Å². The SMILES string of the molecule is Cl.O=S(=O)(NCCC1CCNC1)c1cccc(F)c1F. The highest BCUT2D eigenvalue weighted by molar-refractivity contribution is 7.89. The van der Waals surface area contributed by atoms with Crippen LogP contribution in [-0.4, -0.2) is 28.1 Å². The van der Waals surface area contributed by atoms with Gasteiger partial charge < -0.3 is 5.32 Å². The Morgan fingerprint density at radius 1 is 1.35 bits per heavy atom. The van der Waals surface area contributed by atoms with Gasteiger partial charge in [0.15, 0.2) is 11.6 Å². The molecule has 1 fully saturated rings. The van der Waals surface area contributed by atoms with E-state index in [9.17, 15) is 17.2 Å². The number of nitrogens with one attached hydrogen (secondary N) is 2. The Bertz CT molecular complexity index is 548. The summed E-state index contributed by atoms with van der Waals surface area (Å²) in [5, 5.41) is 3.18. The number of halogens is 3. The maximum Gasteiger partial charge on any atom is 0.243 e. The van der Waals surface area contributed by atoms with Gasteiger partial charge in [-0.2, -0.15) is 0 Å². The number of rotatable bonds is 5. The van der Waals surface area contributed by atoms with E-state index in [-0.39, 0.29) is 19.0 Å². The Morgan fingerprint density at radius 3 is 2.75 bits per heavy atom. The molecular formula is C12H17ClF2N2O2S. The molecule has 1 unspecified atom stereocenters. The quantitative estimate of drug-likeness (QED) is 0.865. The lowest BCUT2D eigenvalue weighted by atomic mass is 10.1. The molecule has 1 atom stereocenters. The van der Waals surface area contributed by atoms with Crippen LogP contribution in [-0.2, 0) is 10.0 Å². The summed E-state index contributed by atoms with van der Waals surface area (Å²) < 4.78 is 52.4. The molecule has 1 aliphatic rings. The molecule has 1 aromatic carbocycles. The van der Waals surface area contributed by atoms with E-state index >= 15 is 0 Å². The Balaban J connectivity index is 0.00000200. The third-order valence-electron chi connectivity index (χ3n) is 3.21. The van der Waals surface area contributed by atoms with Crippen LogP contribution in [0.25, 0.3) is 0 Å². The summed E-state index contributed by atoms with van der Waals surface area (Å²) >= 11 is 0. The summed E-state index contributed by atoms with van der Waals surface area (Å²) in [6.07, 6.45) is 1.69. The molecule has 0 aliphatic carbocycles. The van der Waals surface area contributed by atoms with Crippen LogP contribution in [0.15, 0.2) is 23.1 Å². The van der Waals surface area contributed by atoms with Gasteiger partial charge in [0.25, 0.3) is 0 Å². The van der Waals surface area contributed by atoms with Crippen molar-refractivity contribution >= 4 is 22.4 Å². The van der Waals surface area contributed by atoms with Crippen molar-refractivity contribution in [2.75, 3.05) is 19.6 Å². The lowest BCUT2D eigenvalue weighted by Gasteiger charge is -2.10. The van der Waals surface area contributed by atoms with E-state index in [2.05, 4.69) is 10.0 Å². The molecule has 1 heterocycles. The van der Waals surface area contributed by atoms with Crippen LogP contribution >= 0.6 is 12.4 Å². The van der Waals surface area contributed by atoms with Crippen molar-refractivity contribution in [1.82, 2.24) is 10.0 Å². The molecule has 0 bridgehead atoms. The van der Waals surface area contributed by atoms with Crippen molar-refractivity contribution < 1.29 is 17.2 Å². The maximum absolute atomic E-state index is 13.4. The van der Waals surface area contributed by atoms with Gasteiger partial charge in [-0.05, 0) is 44.0 Å². The topological polar surface area (TPSA) is 58.2 Å². The molecule has 1 aliphatic heterocycles. The minimum atomic E-state index is -3.99. The van der Waals surface area contributed by atoms with Gasteiger partial charge in [-0.1, -0.05) is 6.07 Å². The number of hydrogen-bond acceptors (Lipinski definition) is 3. The molecule has 114 valence electrons. The van der Waals surface area contributed by atoms with Crippen LogP contribution in [0.1, 0.15) is 12.8 Å². The summed E-state index contributed by atoms with van der Waals surface area (Å²) in [6, 6.07) is 3.12. The fourth-order valence-corrected chi connectivity index (χ4v) is 3.26. The van der Waals surface area contributed by atoms with Gasteiger partial charge in [0, 0.05) is 6.54 Å². The second-order valence-corrected chi connectivity index (χ2v) is 6.33. The van der Waals surface area contributed by atoms with Crippen LogP contribution in [0.4, 0.5) is 8.78 Å². The molecule has 0 aromatic heterocycles. The molecule has 20 heavy (non-hydrogen) atoms. The van der Waals surface area contributed by atoms with Crippen molar-refractivity contribution in [3.8, 4) is 0 Å². The molecule has 1 aromatic rings. The zero-order valence-corrected chi connectivity index (χ0v) is 12.4. The van der Waals surface area contributed by atoms with Crippen molar-refractivity contribution in [2.45, 2.75) is 17.7 Å². The van der Waals surface area contributed by atoms with E-state index in [1.165, 1.54) is 6.07 Å². The summed E-state index contributed by atoms with van der Waals surface area (Å²) in [7, 11) is -3.99. The van der Waals surface area contributed by atoms with Gasteiger partial charge in [-0.25, -0.2) is 21.9 Å². The van der Waals surface area contributed by atoms with Gasteiger partial charge in [0.05, 0.1) is 0 Å². The van der Waals surface area contributed by atoms with Crippen LogP contribution in [0, 0.1) is 17.6 Å². The van der Waals surface area contributed by atoms with Crippen LogP contribution in [0.2, 0.25) is 0 Å². The first kappa shape index (κ1) is 17.3. The predicted octanol–water partition coefficient (Wildman–Crippen LogP) is 1.66. The third-order valence-corrected chi connectivity index (χ3v) is 4.69. The predicted molar refractivity (Wildman–Crippen MR) is 74.4 cm³/mol. The molecule has 8 heteroatoms. The first-order valence-corrected chi connectivity index (χ1v) is 7.63. The van der Waals surface area contributed by atoms with E-state index < -0.39 is 26.6 Å². The molecule has 0 saturated carbocycles. The van der Waals surface area contributed by atoms with E-state index in [0.29, 0.717) is 12.3 Å². The van der Waals surface area contributed by atoms with E-state index in [1.54, 1.807) is 0 Å². The summed E-state index contributed by atoms with van der Waals surface area (Å²) in [5.41, 5.74) is 0. The number of sulfonamides is 1. The van der Waals surface area contributed by atoms with Crippen molar-refractivity contribution in [1.29, 1.82) is 0 Å². The highest BCUT2D eigenvalue weighted by Crippen LogP contribution is 2.17. The molecule has 2 rings (SSSR count). The fraction of sp³-hybridized carbons (Fsp3) is 0.500. The number of hydrogen-bond donors (Lipinski definition) is 2. The van der Waals surface area contributed by atoms with E-state index in [4.69, 9.17) is 0 Å². The Labute approximate surface area is 123 Å². The molecular weight excluding hydrogens is 310 g/mol. The largest absolute Gasteiger partial charge is 0.316 e. The zero-order chi connectivity index (χ0) is 13.9. The summed E-state index contributed by atoms with van der Waals surface area (Å²) in [4.78, 5) is -0.642. The molecule has 1 saturated heterocycles. The minimum absolute atomic E-state index is 0. The maximum atomic E-state index is 13.4. The summed E-state index contributed by atoms with van der Waals surface area (Å²) in [6.45, 7) is 2.04. The summed E-state index contributed by atoms with van der Waals surface area (Å²) in [5.74, 6) is -2.07. The average Bonchev–Trinajstić information content (AvgIpc) is 2.85. The first-order chi connectivity index (χ1) is 9.00. The van der Waals surface area contributed by atoms with Crippen LogP contribution in [0.3, 0.4) is 0 Å². The second-order valence-electron chi connectivity index (χ2n) is 4.60. The minimum Gasteiger partial charge on any atom is -0.316 e. The Kier molecular flexibility index (Phi) is 6.32. The molecule has 0 spiro atoms. The highest BCUT2D eigenvalue weighted by Gasteiger charge is 2.22. The van der Waals surface area contributed by atoms with E-state index in [0.717, 1.165) is 31.6 Å². The monoisotopic (exact) mass is 326 g/mol. The lowest BCUT2D eigenvalue weighted by molar-refractivity contribution is 0.480. The van der Waals surface area contributed by atoms with Gasteiger partial charge in [0.1, 0.15) is 4.90 Å². The van der Waals surface area contributed by atoms with Crippen molar-refractivity contribution in [2.24, 2.45) is 5.92 Å². The van der Waals surface area contributed by atoms with Gasteiger partial charge in [0.2, 0.25) is 10.0 Å². The molecule has 0 amide bonds. The van der Waals surface area contributed by atoms with Gasteiger partial charge in [-0.3, -0.25) is 0 Å². The fourth-order valence-electron chi connectivity index (χ4n) is 2.13. The first-order valence-electron chi connectivity index (χ1n) is 6.15. The number of benzene rings is 1. The standard InChI is InChI=1S/C12H16F2N2O2S.ClH/c13-10-2-1-3-11(12(10)14)19(17,18)16-7-5-9-4-6-15-8-9;/h1-3,9,15-16H,4-8H2;1H. The average molecular weight is 327 g/mol. The van der Waals surface area contributed by atoms with Crippen molar-refractivity contribution in [3.05, 3.63) is 29.8 Å². The zero-order valence-electron chi connectivity index (χ0n) is 10.7. The Morgan fingerprint density at radius 2 is 2.10 bits per heavy atom. The van der Waals surface area contributed by atoms with Gasteiger partial charge in [-0.15, -0.1) is 12.4 Å². The molecule has 0 radical (unpaired) electrons. The normalized spacial score (nSPS) is 18.8. The van der Waals surface area contributed by atoms with Crippen LogP contribution < -0.4 is 10.0 Å². The Hall–Kier alpha value is -0.760. The van der Waals surface area contributed by atoms with Crippen molar-refractivity contribution in [3.63, 3.8) is 0 Å². The molecule has 4 nitrogen and oxygen atoms in total. The highest BCUT2D eigenvalue weighted by atomic mass is 35.5. The second kappa shape index (κ2) is 7.31. The van der Waals surface area contributed by atoms with E-state index in [1.807, 2.05) is 0 Å². The third kappa shape index (κ3) is 4.12. The smallest absolute Gasteiger partial charge is 0.243 e. The van der Waals surface area contributed by atoms with Crippen LogP contribution in [0.5, 0.6) is 0 Å². The molecule has 2 N–H and O–H groups in total.